The molecule has 0 aliphatic carbocycles. The van der Waals surface area contributed by atoms with E-state index in [9.17, 15) is 4.79 Å². The van der Waals surface area contributed by atoms with Gasteiger partial charge in [0.25, 0.3) is 0 Å². The maximum atomic E-state index is 12.0. The van der Waals surface area contributed by atoms with E-state index in [1.165, 1.54) is 11.3 Å². The van der Waals surface area contributed by atoms with Crippen molar-refractivity contribution in [2.45, 2.75) is 33.1 Å². The molecule has 1 saturated heterocycles. The van der Waals surface area contributed by atoms with E-state index in [1.54, 1.807) is 0 Å². The number of aryl methyl sites for hydroxylation is 2. The molecular weight excluding hydrogens is 240 g/mol. The van der Waals surface area contributed by atoms with Crippen LogP contribution in [0.25, 0.3) is 0 Å². The fraction of sp³-hybridized carbons (Fsp3) is 0.714. The van der Waals surface area contributed by atoms with Crippen LogP contribution < -0.4 is 10.6 Å². The van der Waals surface area contributed by atoms with Crippen LogP contribution in [0.2, 0.25) is 0 Å². The molecule has 2 rings (SSSR count). The number of hydrogen-bond donors (Lipinski definition) is 2. The van der Waals surface area contributed by atoms with Gasteiger partial charge in [0.05, 0.1) is 5.69 Å². The molecule has 1 aromatic heterocycles. The number of piperidine rings is 1. The SMILES string of the molecule is Cc1nn(C)c(C)c1CCNC(=O)C1CCNCC1. The standard InChI is InChI=1S/C14H24N4O/c1-10-13(11(2)18(3)17-10)6-9-16-14(19)12-4-7-15-8-5-12/h12,15H,4-9H2,1-3H3,(H,16,19). The van der Waals surface area contributed by atoms with Gasteiger partial charge >= 0.3 is 0 Å². The Kier molecular flexibility index (Phi) is 4.58. The average molecular weight is 264 g/mol. The van der Waals surface area contributed by atoms with E-state index in [0.29, 0.717) is 6.54 Å². The predicted molar refractivity (Wildman–Crippen MR) is 75.0 cm³/mol. The molecule has 19 heavy (non-hydrogen) atoms. The summed E-state index contributed by atoms with van der Waals surface area (Å²) in [4.78, 5) is 12.0. The first-order valence-electron chi connectivity index (χ1n) is 7.07. The van der Waals surface area contributed by atoms with Gasteiger partial charge in [0.2, 0.25) is 5.91 Å². The molecular formula is C14H24N4O. The van der Waals surface area contributed by atoms with Crippen LogP contribution in [0.15, 0.2) is 0 Å². The highest BCUT2D eigenvalue weighted by Gasteiger charge is 2.20. The van der Waals surface area contributed by atoms with Crippen LogP contribution in [0.1, 0.15) is 29.8 Å². The van der Waals surface area contributed by atoms with Gasteiger partial charge in [0, 0.05) is 25.2 Å². The summed E-state index contributed by atoms with van der Waals surface area (Å²) in [6.45, 7) is 6.72. The minimum absolute atomic E-state index is 0.192. The van der Waals surface area contributed by atoms with Crippen LogP contribution in [-0.4, -0.2) is 35.3 Å². The summed E-state index contributed by atoms with van der Waals surface area (Å²) >= 11 is 0. The summed E-state index contributed by atoms with van der Waals surface area (Å²) in [5.41, 5.74) is 3.51. The van der Waals surface area contributed by atoms with Crippen molar-refractivity contribution in [3.63, 3.8) is 0 Å². The number of aromatic nitrogens is 2. The molecule has 0 radical (unpaired) electrons. The van der Waals surface area contributed by atoms with E-state index < -0.39 is 0 Å². The molecule has 1 aliphatic rings. The molecule has 0 aromatic carbocycles. The van der Waals surface area contributed by atoms with Crippen molar-refractivity contribution in [3.05, 3.63) is 17.0 Å². The van der Waals surface area contributed by atoms with Gasteiger partial charge < -0.3 is 10.6 Å². The van der Waals surface area contributed by atoms with Gasteiger partial charge in [-0.05, 0) is 51.8 Å². The van der Waals surface area contributed by atoms with Gasteiger partial charge in [-0.15, -0.1) is 0 Å². The zero-order valence-electron chi connectivity index (χ0n) is 12.1. The lowest BCUT2D eigenvalue weighted by molar-refractivity contribution is -0.125. The van der Waals surface area contributed by atoms with Crippen molar-refractivity contribution in [2.75, 3.05) is 19.6 Å². The van der Waals surface area contributed by atoms with Crippen molar-refractivity contribution in [1.29, 1.82) is 0 Å². The van der Waals surface area contributed by atoms with Crippen molar-refractivity contribution >= 4 is 5.91 Å². The topological polar surface area (TPSA) is 59.0 Å². The van der Waals surface area contributed by atoms with Gasteiger partial charge in [-0.25, -0.2) is 0 Å². The quantitative estimate of drug-likeness (QED) is 0.841. The van der Waals surface area contributed by atoms with Gasteiger partial charge in [-0.3, -0.25) is 9.48 Å². The first kappa shape index (κ1) is 14.1. The largest absolute Gasteiger partial charge is 0.356 e. The fourth-order valence-electron chi connectivity index (χ4n) is 2.72. The lowest BCUT2D eigenvalue weighted by Gasteiger charge is -2.21. The molecule has 0 atom stereocenters. The lowest BCUT2D eigenvalue weighted by atomic mass is 9.97. The molecule has 0 saturated carbocycles. The average Bonchev–Trinajstić information content (AvgIpc) is 2.66. The van der Waals surface area contributed by atoms with Crippen LogP contribution in [0.4, 0.5) is 0 Å². The van der Waals surface area contributed by atoms with Crippen LogP contribution in [0.5, 0.6) is 0 Å². The van der Waals surface area contributed by atoms with Crippen LogP contribution in [0.3, 0.4) is 0 Å². The third-order valence-corrected chi connectivity index (χ3v) is 4.04. The summed E-state index contributed by atoms with van der Waals surface area (Å²) < 4.78 is 1.90. The smallest absolute Gasteiger partial charge is 0.223 e. The monoisotopic (exact) mass is 264 g/mol. The van der Waals surface area contributed by atoms with E-state index >= 15 is 0 Å². The maximum absolute atomic E-state index is 12.0. The lowest BCUT2D eigenvalue weighted by Crippen LogP contribution is -2.38. The molecule has 5 heteroatoms. The summed E-state index contributed by atoms with van der Waals surface area (Å²) in [5.74, 6) is 0.401. The first-order valence-corrected chi connectivity index (χ1v) is 7.07. The number of amides is 1. The second-order valence-electron chi connectivity index (χ2n) is 5.34. The number of hydrogen-bond acceptors (Lipinski definition) is 3. The number of carbonyl (C=O) groups excluding carboxylic acids is 1. The van der Waals surface area contributed by atoms with E-state index in [4.69, 9.17) is 0 Å². The van der Waals surface area contributed by atoms with E-state index in [0.717, 1.165) is 38.0 Å². The molecule has 1 aliphatic heterocycles. The normalized spacial score (nSPS) is 16.6. The Morgan fingerprint density at radius 2 is 2.11 bits per heavy atom. The number of carbonyl (C=O) groups is 1. The Hall–Kier alpha value is -1.36. The Labute approximate surface area is 114 Å². The molecule has 1 fully saturated rings. The molecule has 5 nitrogen and oxygen atoms in total. The van der Waals surface area contributed by atoms with Crippen molar-refractivity contribution in [2.24, 2.45) is 13.0 Å². The summed E-state index contributed by atoms with van der Waals surface area (Å²) in [6, 6.07) is 0. The first-order chi connectivity index (χ1) is 9.09. The van der Waals surface area contributed by atoms with Gasteiger partial charge in [-0.2, -0.15) is 5.10 Å². The maximum Gasteiger partial charge on any atom is 0.223 e. The summed E-state index contributed by atoms with van der Waals surface area (Å²) in [7, 11) is 1.96. The van der Waals surface area contributed by atoms with Gasteiger partial charge in [0.1, 0.15) is 0 Å². The molecule has 0 spiro atoms. The van der Waals surface area contributed by atoms with Crippen molar-refractivity contribution in [3.8, 4) is 0 Å². The predicted octanol–water partition coefficient (Wildman–Crippen LogP) is 0.695. The second-order valence-corrected chi connectivity index (χ2v) is 5.34. The zero-order valence-corrected chi connectivity index (χ0v) is 12.1. The summed E-state index contributed by atoms with van der Waals surface area (Å²) in [5, 5.41) is 10.7. The van der Waals surface area contributed by atoms with Crippen molar-refractivity contribution < 1.29 is 4.79 Å². The Morgan fingerprint density at radius 1 is 1.42 bits per heavy atom. The van der Waals surface area contributed by atoms with E-state index in [2.05, 4.69) is 22.7 Å². The summed E-state index contributed by atoms with van der Waals surface area (Å²) in [6.07, 6.45) is 2.77. The molecule has 0 bridgehead atoms. The second kappa shape index (κ2) is 6.19. The number of rotatable bonds is 4. The van der Waals surface area contributed by atoms with E-state index in [1.807, 2.05) is 18.7 Å². The third-order valence-electron chi connectivity index (χ3n) is 4.04. The molecule has 1 amide bonds. The highest BCUT2D eigenvalue weighted by atomic mass is 16.1. The van der Waals surface area contributed by atoms with Crippen LogP contribution in [-0.2, 0) is 18.3 Å². The Balaban J connectivity index is 1.81. The minimum atomic E-state index is 0.192. The molecule has 106 valence electrons. The molecule has 2 N–H and O–H groups in total. The molecule has 1 aromatic rings. The number of nitrogens with one attached hydrogen (secondary N) is 2. The van der Waals surface area contributed by atoms with Crippen LogP contribution in [0, 0.1) is 19.8 Å². The third kappa shape index (κ3) is 3.35. The van der Waals surface area contributed by atoms with Gasteiger partial charge in [-0.1, -0.05) is 0 Å². The molecule has 0 unspecified atom stereocenters. The Bertz CT molecular complexity index is 447. The fourth-order valence-corrected chi connectivity index (χ4v) is 2.72. The number of nitrogens with zero attached hydrogens (tertiary/aromatic N) is 2. The highest BCUT2D eigenvalue weighted by molar-refractivity contribution is 5.78. The highest BCUT2D eigenvalue weighted by Crippen LogP contribution is 2.13. The Morgan fingerprint density at radius 3 is 2.68 bits per heavy atom. The van der Waals surface area contributed by atoms with Crippen molar-refractivity contribution in [1.82, 2.24) is 20.4 Å². The minimum Gasteiger partial charge on any atom is -0.356 e. The van der Waals surface area contributed by atoms with E-state index in [-0.39, 0.29) is 11.8 Å². The van der Waals surface area contributed by atoms with Crippen LogP contribution >= 0.6 is 0 Å². The van der Waals surface area contributed by atoms with Gasteiger partial charge in [0.15, 0.2) is 0 Å². The zero-order chi connectivity index (χ0) is 13.8. The molecule has 2 heterocycles.